The topological polar surface area (TPSA) is 58.6 Å². The van der Waals surface area contributed by atoms with Crippen molar-refractivity contribution in [2.24, 2.45) is 0 Å². The molecular formula is C15H20N2O3. The second kappa shape index (κ2) is 6.52. The third kappa shape index (κ3) is 3.57. The van der Waals surface area contributed by atoms with Gasteiger partial charge in [0, 0.05) is 18.7 Å². The summed E-state index contributed by atoms with van der Waals surface area (Å²) in [7, 11) is 0. The highest BCUT2D eigenvalue weighted by molar-refractivity contribution is 5.97. The van der Waals surface area contributed by atoms with E-state index in [-0.39, 0.29) is 24.5 Å². The number of amides is 2. The summed E-state index contributed by atoms with van der Waals surface area (Å²) in [6, 6.07) is 7.33. The van der Waals surface area contributed by atoms with E-state index in [4.69, 9.17) is 4.74 Å². The van der Waals surface area contributed by atoms with Gasteiger partial charge >= 0.3 is 0 Å². The van der Waals surface area contributed by atoms with Crippen molar-refractivity contribution in [3.05, 3.63) is 35.4 Å². The van der Waals surface area contributed by atoms with Gasteiger partial charge in [-0.15, -0.1) is 0 Å². The molecule has 1 fully saturated rings. The van der Waals surface area contributed by atoms with Gasteiger partial charge in [-0.05, 0) is 25.5 Å². The minimum Gasteiger partial charge on any atom is -0.375 e. The monoisotopic (exact) mass is 276 g/mol. The van der Waals surface area contributed by atoms with Gasteiger partial charge in [-0.3, -0.25) is 9.59 Å². The highest BCUT2D eigenvalue weighted by Gasteiger charge is 2.21. The van der Waals surface area contributed by atoms with Crippen LogP contribution in [0.2, 0.25) is 0 Å². The summed E-state index contributed by atoms with van der Waals surface area (Å²) in [4.78, 5) is 25.8. The molecule has 1 aromatic rings. The maximum absolute atomic E-state index is 12.0. The van der Waals surface area contributed by atoms with E-state index in [0.29, 0.717) is 25.3 Å². The lowest BCUT2D eigenvalue weighted by atomic mass is 10.1. The van der Waals surface area contributed by atoms with E-state index in [1.807, 2.05) is 32.0 Å². The Hall–Kier alpha value is -1.88. The van der Waals surface area contributed by atoms with E-state index in [1.165, 1.54) is 0 Å². The number of hydrogen-bond acceptors (Lipinski definition) is 3. The number of hydrogen-bond donors (Lipinski definition) is 1. The van der Waals surface area contributed by atoms with Gasteiger partial charge in [0.1, 0.15) is 0 Å². The molecule has 5 heteroatoms. The Labute approximate surface area is 118 Å². The van der Waals surface area contributed by atoms with Crippen molar-refractivity contribution in [3.63, 3.8) is 0 Å². The van der Waals surface area contributed by atoms with Gasteiger partial charge in [0.25, 0.3) is 5.91 Å². The van der Waals surface area contributed by atoms with Crippen molar-refractivity contribution in [2.75, 3.05) is 26.2 Å². The molecule has 0 aliphatic carbocycles. The molecule has 0 aromatic heterocycles. The number of nitrogens with one attached hydrogen (secondary N) is 1. The molecule has 1 aliphatic rings. The molecule has 1 saturated heterocycles. The van der Waals surface area contributed by atoms with Crippen LogP contribution in [0.15, 0.2) is 24.3 Å². The number of benzene rings is 1. The number of carbonyl (C=O) groups is 2. The Balaban J connectivity index is 1.87. The molecule has 1 N–H and O–H groups in total. The molecule has 0 radical (unpaired) electrons. The summed E-state index contributed by atoms with van der Waals surface area (Å²) in [5, 5.41) is 2.68. The minimum atomic E-state index is -0.210. The molecule has 0 bridgehead atoms. The van der Waals surface area contributed by atoms with Crippen LogP contribution in [-0.2, 0) is 9.53 Å². The second-order valence-corrected chi connectivity index (χ2v) is 5.02. The number of morpholine rings is 1. The Morgan fingerprint density at radius 2 is 2.15 bits per heavy atom. The predicted octanol–water partition coefficient (Wildman–Crippen LogP) is 0.972. The molecule has 1 unspecified atom stereocenters. The summed E-state index contributed by atoms with van der Waals surface area (Å²) < 4.78 is 5.39. The lowest BCUT2D eigenvalue weighted by Crippen LogP contribution is -2.48. The molecule has 2 amide bonds. The normalized spacial score (nSPS) is 18.7. The van der Waals surface area contributed by atoms with Crippen LogP contribution in [0.25, 0.3) is 0 Å². The predicted molar refractivity (Wildman–Crippen MR) is 75.5 cm³/mol. The fourth-order valence-corrected chi connectivity index (χ4v) is 2.24. The summed E-state index contributed by atoms with van der Waals surface area (Å²) >= 11 is 0. The smallest absolute Gasteiger partial charge is 0.251 e. The molecule has 5 nitrogen and oxygen atoms in total. The first-order chi connectivity index (χ1) is 9.58. The van der Waals surface area contributed by atoms with Crippen molar-refractivity contribution in [1.29, 1.82) is 0 Å². The fourth-order valence-electron chi connectivity index (χ4n) is 2.24. The third-order valence-electron chi connectivity index (χ3n) is 3.38. The zero-order chi connectivity index (χ0) is 14.5. The molecule has 20 heavy (non-hydrogen) atoms. The number of ether oxygens (including phenoxy) is 1. The first-order valence-electron chi connectivity index (χ1n) is 6.81. The van der Waals surface area contributed by atoms with Crippen LogP contribution in [0, 0.1) is 6.92 Å². The SMILES string of the molecule is Cc1ccccc1C(=O)NCC(=O)N1CCOC(C)C1. The summed E-state index contributed by atoms with van der Waals surface area (Å²) in [6.07, 6.45) is 0.0553. The van der Waals surface area contributed by atoms with Crippen LogP contribution in [0.1, 0.15) is 22.8 Å². The Morgan fingerprint density at radius 1 is 1.40 bits per heavy atom. The molecule has 1 aromatic carbocycles. The van der Waals surface area contributed by atoms with E-state index in [0.717, 1.165) is 5.56 Å². The molecule has 1 atom stereocenters. The molecule has 1 aliphatic heterocycles. The van der Waals surface area contributed by atoms with Crippen LogP contribution in [0.4, 0.5) is 0 Å². The van der Waals surface area contributed by atoms with E-state index in [9.17, 15) is 9.59 Å². The summed E-state index contributed by atoms with van der Waals surface area (Å²) in [5.74, 6) is -0.278. The molecule has 2 rings (SSSR count). The van der Waals surface area contributed by atoms with E-state index >= 15 is 0 Å². The lowest BCUT2D eigenvalue weighted by molar-refractivity contribution is -0.137. The van der Waals surface area contributed by atoms with Crippen molar-refractivity contribution >= 4 is 11.8 Å². The Morgan fingerprint density at radius 3 is 2.85 bits per heavy atom. The average Bonchev–Trinajstić information content (AvgIpc) is 2.45. The van der Waals surface area contributed by atoms with Crippen LogP contribution in [-0.4, -0.2) is 49.1 Å². The Kier molecular flexibility index (Phi) is 4.74. The van der Waals surface area contributed by atoms with Gasteiger partial charge in [-0.25, -0.2) is 0 Å². The zero-order valence-corrected chi connectivity index (χ0v) is 11.9. The zero-order valence-electron chi connectivity index (χ0n) is 11.9. The maximum atomic E-state index is 12.0. The highest BCUT2D eigenvalue weighted by atomic mass is 16.5. The first-order valence-corrected chi connectivity index (χ1v) is 6.81. The third-order valence-corrected chi connectivity index (χ3v) is 3.38. The molecule has 108 valence electrons. The molecule has 0 saturated carbocycles. The van der Waals surface area contributed by atoms with Crippen LogP contribution >= 0.6 is 0 Å². The maximum Gasteiger partial charge on any atom is 0.251 e. The number of aryl methyl sites for hydroxylation is 1. The van der Waals surface area contributed by atoms with E-state index in [2.05, 4.69) is 5.32 Å². The van der Waals surface area contributed by atoms with Gasteiger partial charge in [-0.1, -0.05) is 18.2 Å². The van der Waals surface area contributed by atoms with Gasteiger partial charge in [-0.2, -0.15) is 0 Å². The van der Waals surface area contributed by atoms with Crippen LogP contribution < -0.4 is 5.32 Å². The van der Waals surface area contributed by atoms with Gasteiger partial charge in [0.2, 0.25) is 5.91 Å². The Bertz CT molecular complexity index is 502. The highest BCUT2D eigenvalue weighted by Crippen LogP contribution is 2.07. The second-order valence-electron chi connectivity index (χ2n) is 5.02. The van der Waals surface area contributed by atoms with Crippen molar-refractivity contribution < 1.29 is 14.3 Å². The number of nitrogens with zero attached hydrogens (tertiary/aromatic N) is 1. The lowest BCUT2D eigenvalue weighted by Gasteiger charge is -2.31. The largest absolute Gasteiger partial charge is 0.375 e. The van der Waals surface area contributed by atoms with E-state index < -0.39 is 0 Å². The van der Waals surface area contributed by atoms with Crippen molar-refractivity contribution in [3.8, 4) is 0 Å². The van der Waals surface area contributed by atoms with Gasteiger partial charge < -0.3 is 15.0 Å². The summed E-state index contributed by atoms with van der Waals surface area (Å²) in [5.41, 5.74) is 1.51. The number of carbonyl (C=O) groups excluding carboxylic acids is 2. The van der Waals surface area contributed by atoms with E-state index in [1.54, 1.807) is 11.0 Å². The van der Waals surface area contributed by atoms with Crippen molar-refractivity contribution in [2.45, 2.75) is 20.0 Å². The van der Waals surface area contributed by atoms with Crippen LogP contribution in [0.5, 0.6) is 0 Å². The minimum absolute atomic E-state index is 0.0277. The quantitative estimate of drug-likeness (QED) is 0.895. The summed E-state index contributed by atoms with van der Waals surface area (Å²) in [6.45, 7) is 5.56. The molecule has 1 heterocycles. The number of rotatable bonds is 3. The first kappa shape index (κ1) is 14.5. The van der Waals surface area contributed by atoms with Gasteiger partial charge in [0.05, 0.1) is 19.3 Å². The average molecular weight is 276 g/mol. The molecular weight excluding hydrogens is 256 g/mol. The fraction of sp³-hybridized carbons (Fsp3) is 0.467. The van der Waals surface area contributed by atoms with Crippen LogP contribution in [0.3, 0.4) is 0 Å². The standard InChI is InChI=1S/C15H20N2O3/c1-11-5-3-4-6-13(11)15(19)16-9-14(18)17-7-8-20-12(2)10-17/h3-6,12H,7-10H2,1-2H3,(H,16,19). The van der Waals surface area contributed by atoms with Gasteiger partial charge in [0.15, 0.2) is 0 Å². The molecule has 0 spiro atoms. The van der Waals surface area contributed by atoms with Crippen molar-refractivity contribution in [1.82, 2.24) is 10.2 Å².